The van der Waals surface area contributed by atoms with E-state index in [1.54, 1.807) is 0 Å². The Bertz CT molecular complexity index is 487. The van der Waals surface area contributed by atoms with Gasteiger partial charge in [-0.25, -0.2) is 0 Å². The van der Waals surface area contributed by atoms with Gasteiger partial charge in [0.1, 0.15) is 0 Å². The summed E-state index contributed by atoms with van der Waals surface area (Å²) in [6.07, 6.45) is 4.65. The quantitative estimate of drug-likeness (QED) is 0.793. The van der Waals surface area contributed by atoms with Crippen LogP contribution < -0.4 is 0 Å². The van der Waals surface area contributed by atoms with Crippen LogP contribution in [-0.4, -0.2) is 11.2 Å². The summed E-state index contributed by atoms with van der Waals surface area (Å²) in [5.74, 6) is 0. The highest BCUT2D eigenvalue weighted by Crippen LogP contribution is 2.12. The van der Waals surface area contributed by atoms with Crippen molar-refractivity contribution in [2.75, 3.05) is 0 Å². The van der Waals surface area contributed by atoms with E-state index < -0.39 is 0 Å². The van der Waals surface area contributed by atoms with Gasteiger partial charge in [-0.05, 0) is 50.2 Å². The summed E-state index contributed by atoms with van der Waals surface area (Å²) in [7, 11) is 0. The Labute approximate surface area is 122 Å². The fourth-order valence-electron chi connectivity index (χ4n) is 2.42. The molecule has 106 valence electrons. The number of aliphatic hydroxyl groups excluding tert-OH is 1. The van der Waals surface area contributed by atoms with Crippen LogP contribution in [0.5, 0.6) is 0 Å². The molecule has 0 saturated carbocycles. The van der Waals surface area contributed by atoms with E-state index in [9.17, 15) is 5.11 Å². The van der Waals surface area contributed by atoms with Crippen LogP contribution in [0.15, 0.2) is 54.6 Å². The molecule has 0 radical (unpaired) electrons. The molecular formula is C19H24O. The van der Waals surface area contributed by atoms with Crippen molar-refractivity contribution < 1.29 is 5.11 Å². The lowest BCUT2D eigenvalue weighted by Gasteiger charge is -2.10. The van der Waals surface area contributed by atoms with Crippen molar-refractivity contribution >= 4 is 0 Å². The maximum absolute atomic E-state index is 10.0. The third-order valence-electron chi connectivity index (χ3n) is 3.73. The summed E-state index contributed by atoms with van der Waals surface area (Å²) in [5, 5.41) is 10.0. The monoisotopic (exact) mass is 268 g/mol. The molecule has 0 fully saturated rings. The highest BCUT2D eigenvalue weighted by molar-refractivity contribution is 5.21. The largest absolute Gasteiger partial charge is 0.393 e. The first-order valence-electron chi connectivity index (χ1n) is 7.51. The summed E-state index contributed by atoms with van der Waals surface area (Å²) in [6, 6.07) is 19.1. The molecule has 1 atom stereocenters. The topological polar surface area (TPSA) is 20.2 Å². The van der Waals surface area contributed by atoms with Crippen LogP contribution >= 0.6 is 0 Å². The fraction of sp³-hybridized carbons (Fsp3) is 0.368. The van der Waals surface area contributed by atoms with Gasteiger partial charge >= 0.3 is 0 Å². The first-order valence-corrected chi connectivity index (χ1v) is 7.51. The summed E-state index contributed by atoms with van der Waals surface area (Å²) in [4.78, 5) is 0. The number of rotatable bonds is 7. The fourth-order valence-corrected chi connectivity index (χ4v) is 2.42. The lowest BCUT2D eigenvalue weighted by Crippen LogP contribution is -2.08. The van der Waals surface area contributed by atoms with Gasteiger partial charge < -0.3 is 5.11 Å². The van der Waals surface area contributed by atoms with Gasteiger partial charge in [0, 0.05) is 0 Å². The Balaban J connectivity index is 1.65. The number of hydrogen-bond acceptors (Lipinski definition) is 1. The van der Waals surface area contributed by atoms with Gasteiger partial charge in [0.2, 0.25) is 0 Å². The molecule has 0 bridgehead atoms. The molecule has 1 heteroatoms. The average Bonchev–Trinajstić information content (AvgIpc) is 2.48. The molecule has 0 aliphatic rings. The Morgan fingerprint density at radius 1 is 0.800 bits per heavy atom. The highest BCUT2D eigenvalue weighted by Gasteiger charge is 2.05. The van der Waals surface area contributed by atoms with Crippen molar-refractivity contribution in [1.29, 1.82) is 0 Å². The molecule has 0 amide bonds. The lowest BCUT2D eigenvalue weighted by molar-refractivity contribution is 0.152. The van der Waals surface area contributed by atoms with Gasteiger partial charge in [-0.3, -0.25) is 0 Å². The molecule has 20 heavy (non-hydrogen) atoms. The molecule has 0 spiro atoms. The zero-order chi connectivity index (χ0) is 14.2. The molecule has 1 nitrogen and oxygen atoms in total. The minimum absolute atomic E-state index is 0.181. The van der Waals surface area contributed by atoms with Crippen LogP contribution in [0.2, 0.25) is 0 Å². The molecule has 1 N–H and O–H groups in total. The molecule has 0 aliphatic heterocycles. The van der Waals surface area contributed by atoms with Crippen LogP contribution in [0.4, 0.5) is 0 Å². The van der Waals surface area contributed by atoms with E-state index in [0.717, 1.165) is 32.1 Å². The van der Waals surface area contributed by atoms with Gasteiger partial charge in [0.15, 0.2) is 0 Å². The maximum atomic E-state index is 10.0. The minimum Gasteiger partial charge on any atom is -0.393 e. The summed E-state index contributed by atoms with van der Waals surface area (Å²) < 4.78 is 0. The third kappa shape index (κ3) is 5.18. The van der Waals surface area contributed by atoms with E-state index in [4.69, 9.17) is 0 Å². The highest BCUT2D eigenvalue weighted by atomic mass is 16.3. The van der Waals surface area contributed by atoms with Crippen LogP contribution in [0.25, 0.3) is 0 Å². The molecule has 0 saturated heterocycles. The zero-order valence-corrected chi connectivity index (χ0v) is 12.3. The maximum Gasteiger partial charge on any atom is 0.0543 e. The second-order valence-electron chi connectivity index (χ2n) is 5.56. The Kier molecular flexibility index (Phi) is 5.82. The van der Waals surface area contributed by atoms with Gasteiger partial charge in [-0.2, -0.15) is 0 Å². The number of aliphatic hydroxyl groups is 1. The number of benzene rings is 2. The van der Waals surface area contributed by atoms with E-state index >= 15 is 0 Å². The molecule has 0 heterocycles. The van der Waals surface area contributed by atoms with Crippen molar-refractivity contribution in [2.24, 2.45) is 0 Å². The van der Waals surface area contributed by atoms with Crippen molar-refractivity contribution in [3.63, 3.8) is 0 Å². The molecule has 2 aromatic rings. The van der Waals surface area contributed by atoms with E-state index in [-0.39, 0.29) is 6.10 Å². The predicted octanol–water partition coefficient (Wildman–Crippen LogP) is 4.31. The summed E-state index contributed by atoms with van der Waals surface area (Å²) in [6.45, 7) is 2.10. The first kappa shape index (κ1) is 14.8. The predicted molar refractivity (Wildman–Crippen MR) is 84.9 cm³/mol. The minimum atomic E-state index is -0.181. The standard InChI is InChI=1S/C19H24O/c1-16-10-12-18(13-11-16)14-15-19(20)9-5-8-17-6-3-2-4-7-17/h2-4,6-7,10-13,19-20H,5,8-9,14-15H2,1H3. The third-order valence-corrected chi connectivity index (χ3v) is 3.73. The molecule has 0 aromatic heterocycles. The van der Waals surface area contributed by atoms with E-state index in [1.165, 1.54) is 16.7 Å². The van der Waals surface area contributed by atoms with Crippen LogP contribution in [0, 0.1) is 6.92 Å². The second-order valence-corrected chi connectivity index (χ2v) is 5.56. The number of aryl methyl sites for hydroxylation is 3. The van der Waals surface area contributed by atoms with E-state index in [0.29, 0.717) is 0 Å². The molecule has 0 aliphatic carbocycles. The van der Waals surface area contributed by atoms with Crippen LogP contribution in [0.3, 0.4) is 0 Å². The van der Waals surface area contributed by atoms with Gasteiger partial charge in [0.05, 0.1) is 6.10 Å². The van der Waals surface area contributed by atoms with Crippen molar-refractivity contribution in [2.45, 2.75) is 45.1 Å². The van der Waals surface area contributed by atoms with Crippen LogP contribution in [0.1, 0.15) is 36.0 Å². The zero-order valence-electron chi connectivity index (χ0n) is 12.3. The Morgan fingerprint density at radius 2 is 1.45 bits per heavy atom. The molecular weight excluding hydrogens is 244 g/mol. The lowest BCUT2D eigenvalue weighted by atomic mass is 10.0. The van der Waals surface area contributed by atoms with Crippen molar-refractivity contribution in [1.82, 2.24) is 0 Å². The van der Waals surface area contributed by atoms with Crippen LogP contribution in [-0.2, 0) is 12.8 Å². The second kappa shape index (κ2) is 7.86. The van der Waals surface area contributed by atoms with Crippen molar-refractivity contribution in [3.05, 3.63) is 71.3 Å². The smallest absolute Gasteiger partial charge is 0.0543 e. The molecule has 1 unspecified atom stereocenters. The summed E-state index contributed by atoms with van der Waals surface area (Å²) >= 11 is 0. The van der Waals surface area contributed by atoms with E-state index in [1.807, 2.05) is 6.07 Å². The Morgan fingerprint density at radius 3 is 2.15 bits per heavy atom. The normalized spacial score (nSPS) is 12.3. The Hall–Kier alpha value is -1.60. The SMILES string of the molecule is Cc1ccc(CCC(O)CCCc2ccccc2)cc1. The summed E-state index contributed by atoms with van der Waals surface area (Å²) in [5.41, 5.74) is 3.97. The van der Waals surface area contributed by atoms with E-state index in [2.05, 4.69) is 55.5 Å². The first-order chi connectivity index (χ1) is 9.74. The molecule has 2 rings (SSSR count). The number of hydrogen-bond donors (Lipinski definition) is 1. The van der Waals surface area contributed by atoms with Crippen molar-refractivity contribution in [3.8, 4) is 0 Å². The molecule has 2 aromatic carbocycles. The van der Waals surface area contributed by atoms with Gasteiger partial charge in [-0.15, -0.1) is 0 Å². The average molecular weight is 268 g/mol. The van der Waals surface area contributed by atoms with Gasteiger partial charge in [0.25, 0.3) is 0 Å². The van der Waals surface area contributed by atoms with Gasteiger partial charge in [-0.1, -0.05) is 60.2 Å².